The van der Waals surface area contributed by atoms with Gasteiger partial charge in [-0.2, -0.15) is 0 Å². The van der Waals surface area contributed by atoms with Gasteiger partial charge in [-0.1, -0.05) is 96.2 Å². The van der Waals surface area contributed by atoms with Gasteiger partial charge in [-0.15, -0.1) is 0 Å². The van der Waals surface area contributed by atoms with Gasteiger partial charge in [-0.3, -0.25) is 4.90 Å². The van der Waals surface area contributed by atoms with Crippen molar-refractivity contribution in [3.05, 3.63) is 113 Å². The molecule has 0 aliphatic carbocycles. The van der Waals surface area contributed by atoms with Crippen molar-refractivity contribution < 1.29 is 14.1 Å². The summed E-state index contributed by atoms with van der Waals surface area (Å²) in [4.78, 5) is 15.3. The zero-order valence-corrected chi connectivity index (χ0v) is 19.0. The molecule has 0 aliphatic heterocycles. The van der Waals surface area contributed by atoms with Gasteiger partial charge >= 0.3 is 5.97 Å². The van der Waals surface area contributed by atoms with Crippen molar-refractivity contribution >= 4 is 5.97 Å². The number of benzene rings is 3. The molecule has 33 heavy (non-hydrogen) atoms. The molecule has 1 aromatic heterocycles. The molecule has 3 aromatic carbocycles. The first kappa shape index (κ1) is 22.5. The minimum Gasteiger partial charge on any atom is -0.462 e. The van der Waals surface area contributed by atoms with Gasteiger partial charge in [0.25, 0.3) is 0 Å². The summed E-state index contributed by atoms with van der Waals surface area (Å²) in [7, 11) is 0. The molecule has 0 bridgehead atoms. The van der Waals surface area contributed by atoms with E-state index in [2.05, 4.69) is 34.3 Å². The Kier molecular flexibility index (Phi) is 7.33. The number of carbonyl (C=O) groups excluding carboxylic acids is 1. The second-order valence-electron chi connectivity index (χ2n) is 7.91. The lowest BCUT2D eigenvalue weighted by Gasteiger charge is -2.28. The van der Waals surface area contributed by atoms with Crippen molar-refractivity contribution in [2.45, 2.75) is 33.0 Å². The van der Waals surface area contributed by atoms with E-state index in [0.29, 0.717) is 30.1 Å². The summed E-state index contributed by atoms with van der Waals surface area (Å²) in [6.07, 6.45) is 0. The van der Waals surface area contributed by atoms with Crippen LogP contribution in [0.25, 0.3) is 11.3 Å². The fourth-order valence-corrected chi connectivity index (χ4v) is 3.91. The molecule has 1 unspecified atom stereocenters. The number of carbonyl (C=O) groups is 1. The highest BCUT2D eigenvalue weighted by Gasteiger charge is 2.31. The van der Waals surface area contributed by atoms with Crippen LogP contribution in [-0.4, -0.2) is 22.6 Å². The Hall–Kier alpha value is -3.70. The predicted octanol–water partition coefficient (Wildman–Crippen LogP) is 6.28. The number of aromatic nitrogens is 1. The molecule has 0 N–H and O–H groups in total. The molecule has 1 atom stereocenters. The zero-order chi connectivity index (χ0) is 23.0. The fourth-order valence-electron chi connectivity index (χ4n) is 3.91. The van der Waals surface area contributed by atoms with Crippen molar-refractivity contribution in [1.82, 2.24) is 10.1 Å². The van der Waals surface area contributed by atoms with Crippen LogP contribution in [0.5, 0.6) is 0 Å². The highest BCUT2D eigenvalue weighted by atomic mass is 16.5. The number of rotatable bonds is 9. The molecule has 0 fully saturated rings. The van der Waals surface area contributed by atoms with Gasteiger partial charge in [0.1, 0.15) is 11.3 Å². The number of hydrogen-bond acceptors (Lipinski definition) is 5. The summed E-state index contributed by atoms with van der Waals surface area (Å²) in [5.74, 6) is 0.0954. The molecule has 0 saturated carbocycles. The monoisotopic (exact) mass is 440 g/mol. The molecular formula is C28H28N2O3. The Morgan fingerprint density at radius 3 is 1.91 bits per heavy atom. The first-order valence-electron chi connectivity index (χ1n) is 11.2. The quantitative estimate of drug-likeness (QED) is 0.287. The van der Waals surface area contributed by atoms with Crippen molar-refractivity contribution in [3.63, 3.8) is 0 Å². The van der Waals surface area contributed by atoms with Gasteiger partial charge in [0, 0.05) is 18.7 Å². The van der Waals surface area contributed by atoms with E-state index >= 15 is 0 Å². The minimum atomic E-state index is -0.418. The highest BCUT2D eigenvalue weighted by molar-refractivity contribution is 5.97. The van der Waals surface area contributed by atoms with Crippen LogP contribution in [0.3, 0.4) is 0 Å². The topological polar surface area (TPSA) is 55.6 Å². The largest absolute Gasteiger partial charge is 0.462 e. The molecule has 0 radical (unpaired) electrons. The number of ether oxygens (including phenoxy) is 1. The second-order valence-corrected chi connectivity index (χ2v) is 7.91. The molecule has 4 rings (SSSR count). The second kappa shape index (κ2) is 10.7. The Bertz CT molecular complexity index is 1120. The third-order valence-electron chi connectivity index (χ3n) is 5.63. The predicted molar refractivity (Wildman–Crippen MR) is 128 cm³/mol. The van der Waals surface area contributed by atoms with Gasteiger partial charge in [0.15, 0.2) is 5.76 Å². The molecule has 1 heterocycles. The minimum absolute atomic E-state index is 0.213. The number of esters is 1. The van der Waals surface area contributed by atoms with Crippen LogP contribution in [0, 0.1) is 0 Å². The van der Waals surface area contributed by atoms with Crippen molar-refractivity contribution in [1.29, 1.82) is 0 Å². The van der Waals surface area contributed by atoms with Crippen LogP contribution in [0.15, 0.2) is 95.5 Å². The molecule has 5 nitrogen and oxygen atoms in total. The van der Waals surface area contributed by atoms with E-state index in [0.717, 1.165) is 5.56 Å². The Morgan fingerprint density at radius 2 is 1.39 bits per heavy atom. The third-order valence-corrected chi connectivity index (χ3v) is 5.63. The molecule has 0 aliphatic rings. The van der Waals surface area contributed by atoms with Gasteiger partial charge in [-0.25, -0.2) is 4.79 Å². The maximum Gasteiger partial charge on any atom is 0.344 e. The van der Waals surface area contributed by atoms with Crippen molar-refractivity contribution in [3.8, 4) is 11.3 Å². The molecule has 0 amide bonds. The molecule has 0 saturated heterocycles. The molecule has 4 aromatic rings. The normalized spacial score (nSPS) is 12.0. The van der Waals surface area contributed by atoms with Gasteiger partial charge in [0.05, 0.1) is 12.6 Å². The summed E-state index contributed by atoms with van der Waals surface area (Å²) in [5, 5.41) is 4.30. The van der Waals surface area contributed by atoms with E-state index in [9.17, 15) is 4.79 Å². The Balaban J connectivity index is 1.73. The van der Waals surface area contributed by atoms with Crippen LogP contribution in [-0.2, 0) is 17.8 Å². The van der Waals surface area contributed by atoms with Crippen LogP contribution in [0.2, 0.25) is 0 Å². The van der Waals surface area contributed by atoms with E-state index in [-0.39, 0.29) is 12.6 Å². The van der Waals surface area contributed by atoms with Crippen LogP contribution < -0.4 is 0 Å². The average molecular weight is 441 g/mol. The summed E-state index contributed by atoms with van der Waals surface area (Å²) in [6, 6.07) is 30.0. The Morgan fingerprint density at radius 1 is 0.879 bits per heavy atom. The lowest BCUT2D eigenvalue weighted by Crippen LogP contribution is -2.27. The van der Waals surface area contributed by atoms with E-state index in [4.69, 9.17) is 9.26 Å². The first-order chi connectivity index (χ1) is 16.2. The number of hydrogen-bond donors (Lipinski definition) is 0. The van der Waals surface area contributed by atoms with Gasteiger partial charge < -0.3 is 9.26 Å². The third kappa shape index (κ3) is 5.38. The summed E-state index contributed by atoms with van der Waals surface area (Å²) >= 11 is 0. The first-order valence-corrected chi connectivity index (χ1v) is 11.2. The summed E-state index contributed by atoms with van der Waals surface area (Å²) < 4.78 is 11.2. The molecule has 168 valence electrons. The Labute approximate surface area is 194 Å². The molecule has 0 spiro atoms. The van der Waals surface area contributed by atoms with Crippen molar-refractivity contribution in [2.24, 2.45) is 0 Å². The maximum absolute atomic E-state index is 13.0. The van der Waals surface area contributed by atoms with E-state index in [1.807, 2.05) is 73.7 Å². The highest BCUT2D eigenvalue weighted by Crippen LogP contribution is 2.33. The molecular weight excluding hydrogens is 412 g/mol. The average Bonchev–Trinajstić information content (AvgIpc) is 3.31. The number of nitrogens with zero attached hydrogens (tertiary/aromatic N) is 2. The lowest BCUT2D eigenvalue weighted by molar-refractivity contribution is 0.0519. The lowest BCUT2D eigenvalue weighted by atomic mass is 10.0. The van der Waals surface area contributed by atoms with Crippen LogP contribution >= 0.6 is 0 Å². The van der Waals surface area contributed by atoms with Crippen LogP contribution in [0.1, 0.15) is 47.1 Å². The van der Waals surface area contributed by atoms with Gasteiger partial charge in [0.2, 0.25) is 0 Å². The van der Waals surface area contributed by atoms with Crippen molar-refractivity contribution in [2.75, 3.05) is 6.61 Å². The van der Waals surface area contributed by atoms with E-state index in [1.165, 1.54) is 11.1 Å². The standard InChI is InChI=1S/C28H28N2O3/c1-3-32-28(31)25-26(24-17-11-6-12-18-24)29-33-27(25)21(2)30(19-22-13-7-4-8-14-22)20-23-15-9-5-10-16-23/h4-18,21H,3,19-20H2,1-2H3. The zero-order valence-electron chi connectivity index (χ0n) is 19.0. The molecule has 5 heteroatoms. The maximum atomic E-state index is 13.0. The van der Waals surface area contributed by atoms with Gasteiger partial charge in [-0.05, 0) is 25.0 Å². The summed E-state index contributed by atoms with van der Waals surface area (Å²) in [5.41, 5.74) is 4.08. The fraction of sp³-hybridized carbons (Fsp3) is 0.214. The van der Waals surface area contributed by atoms with Crippen LogP contribution in [0.4, 0.5) is 0 Å². The summed E-state index contributed by atoms with van der Waals surface area (Å²) in [6.45, 7) is 5.52. The van der Waals surface area contributed by atoms with E-state index in [1.54, 1.807) is 6.92 Å². The smallest absolute Gasteiger partial charge is 0.344 e. The SMILES string of the molecule is CCOC(=O)c1c(-c2ccccc2)noc1C(C)N(Cc1ccccc1)Cc1ccccc1. The van der Waals surface area contributed by atoms with E-state index < -0.39 is 5.97 Å².